The zero-order chi connectivity index (χ0) is 16.0. The summed E-state index contributed by atoms with van der Waals surface area (Å²) in [6.45, 7) is 1.93. The number of hydrogen-bond acceptors (Lipinski definition) is 3. The minimum atomic E-state index is -0.288. The lowest BCUT2D eigenvalue weighted by atomic mass is 10.0. The molecule has 5 nitrogen and oxygen atoms in total. The molecule has 0 unspecified atom stereocenters. The van der Waals surface area contributed by atoms with E-state index in [0.29, 0.717) is 11.3 Å². The molecule has 114 valence electrons. The number of hydrogen-bond donors (Lipinski definition) is 1. The van der Waals surface area contributed by atoms with Crippen molar-refractivity contribution in [3.8, 4) is 22.5 Å². The van der Waals surface area contributed by atoms with Crippen LogP contribution in [-0.2, 0) is 7.05 Å². The van der Waals surface area contributed by atoms with Crippen molar-refractivity contribution in [2.45, 2.75) is 6.92 Å². The summed E-state index contributed by atoms with van der Waals surface area (Å²) in [4.78, 5) is 4.42. The molecule has 0 saturated carbocycles. The highest BCUT2D eigenvalue weighted by atomic mass is 19.1. The highest BCUT2D eigenvalue weighted by Gasteiger charge is 2.14. The van der Waals surface area contributed by atoms with E-state index in [-0.39, 0.29) is 5.82 Å². The van der Waals surface area contributed by atoms with E-state index in [9.17, 15) is 4.39 Å². The molecule has 0 spiro atoms. The van der Waals surface area contributed by atoms with Crippen molar-refractivity contribution in [1.29, 1.82) is 0 Å². The van der Waals surface area contributed by atoms with Gasteiger partial charge in [0.1, 0.15) is 11.5 Å². The first-order chi connectivity index (χ1) is 11.1. The summed E-state index contributed by atoms with van der Waals surface area (Å²) >= 11 is 0. The number of H-pyrrole nitrogens is 1. The van der Waals surface area contributed by atoms with Crippen molar-refractivity contribution in [2.24, 2.45) is 7.05 Å². The third kappa shape index (κ3) is 2.28. The lowest BCUT2D eigenvalue weighted by Gasteiger charge is -2.03. The first kappa shape index (κ1) is 13.6. The van der Waals surface area contributed by atoms with Gasteiger partial charge >= 0.3 is 0 Å². The van der Waals surface area contributed by atoms with Crippen molar-refractivity contribution in [2.75, 3.05) is 0 Å². The molecule has 4 rings (SSSR count). The molecule has 0 aliphatic carbocycles. The van der Waals surface area contributed by atoms with Crippen molar-refractivity contribution < 1.29 is 4.39 Å². The number of rotatable bonds is 2. The van der Waals surface area contributed by atoms with Crippen LogP contribution in [0.3, 0.4) is 0 Å². The lowest BCUT2D eigenvalue weighted by molar-refractivity contribution is 0.630. The van der Waals surface area contributed by atoms with Gasteiger partial charge in [0, 0.05) is 29.8 Å². The fourth-order valence-corrected chi connectivity index (χ4v) is 2.65. The Kier molecular flexibility index (Phi) is 2.97. The molecule has 0 radical (unpaired) electrons. The lowest BCUT2D eigenvalue weighted by Crippen LogP contribution is -1.87. The predicted molar refractivity (Wildman–Crippen MR) is 86.2 cm³/mol. The van der Waals surface area contributed by atoms with Gasteiger partial charge in [-0.1, -0.05) is 11.6 Å². The highest BCUT2D eigenvalue weighted by Crippen LogP contribution is 2.30. The van der Waals surface area contributed by atoms with E-state index in [0.717, 1.165) is 27.7 Å². The van der Waals surface area contributed by atoms with Gasteiger partial charge in [-0.25, -0.2) is 4.39 Å². The Morgan fingerprint density at radius 1 is 1.17 bits per heavy atom. The van der Waals surface area contributed by atoms with Crippen LogP contribution < -0.4 is 0 Å². The molecule has 6 heteroatoms. The summed E-state index contributed by atoms with van der Waals surface area (Å²) < 4.78 is 15.9. The first-order valence-electron chi connectivity index (χ1n) is 7.21. The number of halogens is 1. The Morgan fingerprint density at radius 3 is 2.83 bits per heavy atom. The number of nitrogens with zero attached hydrogens (tertiary/aromatic N) is 4. The van der Waals surface area contributed by atoms with Gasteiger partial charge in [0.15, 0.2) is 0 Å². The number of nitrogens with one attached hydrogen (secondary N) is 1. The molecule has 0 bridgehead atoms. The van der Waals surface area contributed by atoms with Gasteiger partial charge in [-0.2, -0.15) is 10.2 Å². The summed E-state index contributed by atoms with van der Waals surface area (Å²) in [7, 11) is 1.85. The number of benzene rings is 1. The molecule has 0 amide bonds. The molecular weight excluding hydrogens is 293 g/mol. The number of fused-ring (bicyclic) bond motifs is 1. The summed E-state index contributed by atoms with van der Waals surface area (Å²) in [5, 5.41) is 12.2. The molecule has 3 aromatic heterocycles. The quantitative estimate of drug-likeness (QED) is 0.617. The van der Waals surface area contributed by atoms with Crippen LogP contribution in [0.15, 0.2) is 42.9 Å². The van der Waals surface area contributed by atoms with Crippen molar-refractivity contribution in [3.05, 3.63) is 54.2 Å². The minimum Gasteiger partial charge on any atom is -0.276 e. The standard InChI is InChI=1S/C17H14FN5/c1-10-3-4-14(18)12(5-10)17-13-6-15(11-7-20-23(2)9-11)19-8-16(13)21-22-17/h3-9H,1-2H3,(H,21,22). The van der Waals surface area contributed by atoms with E-state index >= 15 is 0 Å². The molecule has 0 saturated heterocycles. The van der Waals surface area contributed by atoms with Crippen LogP contribution in [0.4, 0.5) is 4.39 Å². The van der Waals surface area contributed by atoms with E-state index in [1.165, 1.54) is 6.07 Å². The molecular formula is C17H14FN5. The monoisotopic (exact) mass is 307 g/mol. The van der Waals surface area contributed by atoms with Gasteiger partial charge in [-0.05, 0) is 25.1 Å². The maximum Gasteiger partial charge on any atom is 0.132 e. The van der Waals surface area contributed by atoms with E-state index in [2.05, 4.69) is 20.3 Å². The molecule has 0 aliphatic heterocycles. The Hall–Kier alpha value is -3.02. The van der Waals surface area contributed by atoms with Crippen LogP contribution in [-0.4, -0.2) is 25.0 Å². The molecule has 3 heterocycles. The molecule has 0 atom stereocenters. The average Bonchev–Trinajstić information content (AvgIpc) is 3.15. The minimum absolute atomic E-state index is 0.288. The van der Waals surface area contributed by atoms with Crippen molar-refractivity contribution in [1.82, 2.24) is 25.0 Å². The van der Waals surface area contributed by atoms with Gasteiger partial charge in [-0.15, -0.1) is 0 Å². The third-order valence-corrected chi connectivity index (χ3v) is 3.82. The van der Waals surface area contributed by atoms with Crippen LogP contribution in [0, 0.1) is 12.7 Å². The van der Waals surface area contributed by atoms with Crippen LogP contribution in [0.25, 0.3) is 33.4 Å². The second kappa shape index (κ2) is 5.01. The van der Waals surface area contributed by atoms with Gasteiger partial charge in [-0.3, -0.25) is 14.8 Å². The summed E-state index contributed by atoms with van der Waals surface area (Å²) in [5.74, 6) is -0.288. The van der Waals surface area contributed by atoms with Gasteiger partial charge < -0.3 is 0 Å². The normalized spacial score (nSPS) is 11.3. The Bertz CT molecular complexity index is 1010. The highest BCUT2D eigenvalue weighted by molar-refractivity contribution is 5.94. The predicted octanol–water partition coefficient (Wildman–Crippen LogP) is 3.47. The largest absolute Gasteiger partial charge is 0.276 e. The van der Waals surface area contributed by atoms with Crippen LogP contribution >= 0.6 is 0 Å². The maximum atomic E-state index is 14.2. The zero-order valence-electron chi connectivity index (χ0n) is 12.7. The van der Waals surface area contributed by atoms with Crippen molar-refractivity contribution >= 4 is 10.9 Å². The van der Waals surface area contributed by atoms with Crippen LogP contribution in [0.5, 0.6) is 0 Å². The molecule has 1 aromatic carbocycles. The van der Waals surface area contributed by atoms with Crippen LogP contribution in [0.1, 0.15) is 5.56 Å². The number of aryl methyl sites for hydroxylation is 2. The summed E-state index contributed by atoms with van der Waals surface area (Å²) in [6.07, 6.45) is 5.35. The zero-order valence-corrected chi connectivity index (χ0v) is 12.7. The SMILES string of the molecule is Cc1ccc(F)c(-c2n[nH]c3cnc(-c4cnn(C)c4)cc23)c1. The molecule has 1 N–H and O–H groups in total. The summed E-state index contributed by atoms with van der Waals surface area (Å²) in [6, 6.07) is 6.92. The Labute approximate surface area is 131 Å². The number of aromatic amines is 1. The number of aromatic nitrogens is 5. The fourth-order valence-electron chi connectivity index (χ4n) is 2.65. The van der Waals surface area contributed by atoms with Gasteiger partial charge in [0.05, 0.1) is 23.6 Å². The number of pyridine rings is 1. The third-order valence-electron chi connectivity index (χ3n) is 3.82. The summed E-state index contributed by atoms with van der Waals surface area (Å²) in [5.41, 5.74) is 4.52. The first-order valence-corrected chi connectivity index (χ1v) is 7.21. The maximum absolute atomic E-state index is 14.2. The van der Waals surface area contributed by atoms with E-state index < -0.39 is 0 Å². The van der Waals surface area contributed by atoms with Gasteiger partial charge in [0.25, 0.3) is 0 Å². The Morgan fingerprint density at radius 2 is 2.04 bits per heavy atom. The van der Waals surface area contributed by atoms with Gasteiger partial charge in [0.2, 0.25) is 0 Å². The van der Waals surface area contributed by atoms with E-state index in [4.69, 9.17) is 0 Å². The van der Waals surface area contributed by atoms with Crippen molar-refractivity contribution in [3.63, 3.8) is 0 Å². The topological polar surface area (TPSA) is 59.4 Å². The molecule has 0 fully saturated rings. The second-order valence-electron chi connectivity index (χ2n) is 5.57. The molecule has 23 heavy (non-hydrogen) atoms. The second-order valence-corrected chi connectivity index (χ2v) is 5.57. The Balaban J connectivity index is 1.93. The van der Waals surface area contributed by atoms with E-state index in [1.807, 2.05) is 26.2 Å². The van der Waals surface area contributed by atoms with Crippen LogP contribution in [0.2, 0.25) is 0 Å². The smallest absolute Gasteiger partial charge is 0.132 e. The fraction of sp³-hybridized carbons (Fsp3) is 0.118. The molecule has 0 aliphatic rings. The van der Waals surface area contributed by atoms with E-state index in [1.54, 1.807) is 29.2 Å². The average molecular weight is 307 g/mol. The molecule has 4 aromatic rings.